The third-order valence-electron chi connectivity index (χ3n) is 4.22. The SMILES string of the molecule is O=C(NC(=NCc1ccc(O)cc1)NC(=O)OCc1ccccc1)OCc1ccccc1. The van der Waals surface area contributed by atoms with E-state index in [1.807, 2.05) is 60.7 Å². The summed E-state index contributed by atoms with van der Waals surface area (Å²) in [5.74, 6) is 0.0115. The fraction of sp³-hybridized carbons (Fsp3) is 0.125. The largest absolute Gasteiger partial charge is 0.508 e. The van der Waals surface area contributed by atoms with Crippen molar-refractivity contribution in [3.8, 4) is 5.75 Å². The topological polar surface area (TPSA) is 109 Å². The van der Waals surface area contributed by atoms with E-state index in [0.717, 1.165) is 16.7 Å². The summed E-state index contributed by atoms with van der Waals surface area (Å²) in [6.07, 6.45) is -1.55. The molecule has 0 heterocycles. The Balaban J connectivity index is 1.59. The smallest absolute Gasteiger partial charge is 0.414 e. The molecule has 0 aliphatic heterocycles. The number of nitrogens with one attached hydrogen (secondary N) is 2. The second kappa shape index (κ2) is 11.8. The van der Waals surface area contributed by atoms with Crippen LogP contribution in [0, 0.1) is 0 Å². The van der Waals surface area contributed by atoms with E-state index in [1.165, 1.54) is 12.1 Å². The molecule has 0 saturated heterocycles. The number of carbonyl (C=O) groups excluding carboxylic acids is 2. The van der Waals surface area contributed by atoms with Crippen molar-refractivity contribution >= 4 is 18.1 Å². The summed E-state index contributed by atoms with van der Waals surface area (Å²) in [7, 11) is 0. The van der Waals surface area contributed by atoms with E-state index in [9.17, 15) is 14.7 Å². The van der Waals surface area contributed by atoms with Crippen LogP contribution in [-0.4, -0.2) is 23.3 Å². The zero-order valence-electron chi connectivity index (χ0n) is 17.2. The maximum Gasteiger partial charge on any atom is 0.414 e. The average molecular weight is 433 g/mol. The van der Waals surface area contributed by atoms with Crippen molar-refractivity contribution < 1.29 is 24.2 Å². The predicted molar refractivity (Wildman–Crippen MR) is 119 cm³/mol. The first kappa shape index (κ1) is 22.4. The van der Waals surface area contributed by atoms with Gasteiger partial charge in [0.25, 0.3) is 0 Å². The van der Waals surface area contributed by atoms with Crippen LogP contribution in [-0.2, 0) is 29.2 Å². The Morgan fingerprint density at radius 3 is 1.62 bits per heavy atom. The average Bonchev–Trinajstić information content (AvgIpc) is 2.82. The minimum atomic E-state index is -0.776. The van der Waals surface area contributed by atoms with E-state index in [0.29, 0.717) is 0 Å². The van der Waals surface area contributed by atoms with Gasteiger partial charge in [-0.15, -0.1) is 0 Å². The summed E-state index contributed by atoms with van der Waals surface area (Å²) in [6.45, 7) is 0.278. The quantitative estimate of drug-likeness (QED) is 0.401. The lowest BCUT2D eigenvalue weighted by molar-refractivity contribution is 0.141. The van der Waals surface area contributed by atoms with Crippen molar-refractivity contribution in [3.05, 3.63) is 102 Å². The van der Waals surface area contributed by atoms with Gasteiger partial charge in [-0.05, 0) is 28.8 Å². The molecule has 0 radical (unpaired) electrons. The number of aliphatic imine (C=N–C) groups is 1. The van der Waals surface area contributed by atoms with Gasteiger partial charge >= 0.3 is 12.2 Å². The van der Waals surface area contributed by atoms with Gasteiger partial charge in [0, 0.05) is 0 Å². The zero-order chi connectivity index (χ0) is 22.6. The number of nitrogens with zero attached hydrogens (tertiary/aromatic N) is 1. The first-order valence-electron chi connectivity index (χ1n) is 9.86. The second-order valence-electron chi connectivity index (χ2n) is 6.70. The van der Waals surface area contributed by atoms with Crippen LogP contribution in [0.3, 0.4) is 0 Å². The number of carbonyl (C=O) groups is 2. The van der Waals surface area contributed by atoms with Crippen molar-refractivity contribution in [3.63, 3.8) is 0 Å². The summed E-state index contributed by atoms with van der Waals surface area (Å²) in [4.78, 5) is 28.6. The molecule has 0 aromatic heterocycles. The highest BCUT2D eigenvalue weighted by Gasteiger charge is 2.12. The number of amides is 2. The number of ether oxygens (including phenoxy) is 2. The molecule has 3 N–H and O–H groups in total. The van der Waals surface area contributed by atoms with Crippen LogP contribution < -0.4 is 10.6 Å². The number of alkyl carbamates (subject to hydrolysis) is 2. The van der Waals surface area contributed by atoms with Crippen LogP contribution in [0.25, 0.3) is 0 Å². The van der Waals surface area contributed by atoms with Crippen molar-refractivity contribution in [2.24, 2.45) is 4.99 Å². The van der Waals surface area contributed by atoms with Gasteiger partial charge in [-0.1, -0.05) is 72.8 Å². The van der Waals surface area contributed by atoms with E-state index < -0.39 is 12.2 Å². The number of phenols is 1. The van der Waals surface area contributed by atoms with Gasteiger partial charge in [0.2, 0.25) is 5.96 Å². The third kappa shape index (κ3) is 7.83. The van der Waals surface area contributed by atoms with Crippen LogP contribution in [0.5, 0.6) is 5.75 Å². The second-order valence-corrected chi connectivity index (χ2v) is 6.70. The lowest BCUT2D eigenvalue weighted by Crippen LogP contribution is -2.44. The van der Waals surface area contributed by atoms with Crippen molar-refractivity contribution in [2.75, 3.05) is 0 Å². The van der Waals surface area contributed by atoms with Gasteiger partial charge in [0.05, 0.1) is 6.54 Å². The maximum atomic E-state index is 12.2. The summed E-state index contributed by atoms with van der Waals surface area (Å²) in [5, 5.41) is 14.2. The Hall–Kier alpha value is -4.33. The van der Waals surface area contributed by atoms with Gasteiger partial charge in [0.1, 0.15) is 19.0 Å². The lowest BCUT2D eigenvalue weighted by atomic mass is 10.2. The Bertz CT molecular complexity index is 979. The van der Waals surface area contributed by atoms with Crippen LogP contribution >= 0.6 is 0 Å². The Kier molecular flexibility index (Phi) is 8.21. The van der Waals surface area contributed by atoms with E-state index in [1.54, 1.807) is 12.1 Å². The molecule has 0 bridgehead atoms. The molecular formula is C24H23N3O5. The molecule has 0 fully saturated rings. The Labute approximate surface area is 185 Å². The summed E-state index contributed by atoms with van der Waals surface area (Å²) in [6, 6.07) is 24.8. The Morgan fingerprint density at radius 1 is 0.688 bits per heavy atom. The molecule has 3 rings (SSSR count). The third-order valence-corrected chi connectivity index (χ3v) is 4.22. The van der Waals surface area contributed by atoms with E-state index >= 15 is 0 Å². The minimum absolute atomic E-state index is 0.0658. The highest BCUT2D eigenvalue weighted by atomic mass is 16.6. The number of guanidine groups is 1. The van der Waals surface area contributed by atoms with Gasteiger partial charge in [-0.3, -0.25) is 10.6 Å². The summed E-state index contributed by atoms with van der Waals surface area (Å²) < 4.78 is 10.4. The molecule has 0 atom stereocenters. The lowest BCUT2D eigenvalue weighted by Gasteiger charge is -2.12. The van der Waals surface area contributed by atoms with Crippen LogP contribution in [0.15, 0.2) is 89.9 Å². The minimum Gasteiger partial charge on any atom is -0.508 e. The molecule has 0 spiro atoms. The number of benzene rings is 3. The van der Waals surface area contributed by atoms with Gasteiger partial charge in [-0.25, -0.2) is 14.6 Å². The van der Waals surface area contributed by atoms with Crippen LogP contribution in [0.1, 0.15) is 16.7 Å². The number of phenolic OH excluding ortho intramolecular Hbond substituents is 1. The van der Waals surface area contributed by atoms with Crippen LogP contribution in [0.2, 0.25) is 0 Å². The monoisotopic (exact) mass is 433 g/mol. The normalized spacial score (nSPS) is 10.0. The standard InChI is InChI=1S/C24H23N3O5/c28-21-13-11-18(12-14-21)15-25-22(26-23(29)31-16-19-7-3-1-4-8-19)27-24(30)32-17-20-9-5-2-6-10-20/h1-14,28H,15-17H2,(H2,25,26,27,29,30). The van der Waals surface area contributed by atoms with Crippen molar-refractivity contribution in [1.29, 1.82) is 0 Å². The molecule has 0 aliphatic carbocycles. The van der Waals surface area contributed by atoms with Crippen molar-refractivity contribution in [2.45, 2.75) is 19.8 Å². The fourth-order valence-corrected chi connectivity index (χ4v) is 2.59. The molecule has 0 unspecified atom stereocenters. The molecule has 8 heteroatoms. The van der Waals surface area contributed by atoms with E-state index in [2.05, 4.69) is 15.6 Å². The molecule has 2 amide bonds. The number of hydrogen-bond acceptors (Lipinski definition) is 6. The fourth-order valence-electron chi connectivity index (χ4n) is 2.59. The van der Waals surface area contributed by atoms with Gasteiger partial charge < -0.3 is 14.6 Å². The van der Waals surface area contributed by atoms with Crippen LogP contribution in [0.4, 0.5) is 9.59 Å². The molecule has 0 aliphatic rings. The number of aromatic hydroxyl groups is 1. The predicted octanol–water partition coefficient (Wildman–Crippen LogP) is 4.10. The number of hydrogen-bond donors (Lipinski definition) is 3. The number of rotatable bonds is 6. The highest BCUT2D eigenvalue weighted by Crippen LogP contribution is 2.10. The van der Waals surface area contributed by atoms with E-state index in [4.69, 9.17) is 9.47 Å². The summed E-state index contributed by atoms with van der Waals surface area (Å²) >= 11 is 0. The molecule has 164 valence electrons. The van der Waals surface area contributed by atoms with E-state index in [-0.39, 0.29) is 31.5 Å². The molecule has 32 heavy (non-hydrogen) atoms. The summed E-state index contributed by atoms with van der Waals surface area (Å²) in [5.41, 5.74) is 2.40. The molecule has 3 aromatic rings. The zero-order valence-corrected chi connectivity index (χ0v) is 17.2. The molecule has 8 nitrogen and oxygen atoms in total. The van der Waals surface area contributed by atoms with Gasteiger partial charge in [-0.2, -0.15) is 0 Å². The van der Waals surface area contributed by atoms with Crippen molar-refractivity contribution in [1.82, 2.24) is 10.6 Å². The first-order chi connectivity index (χ1) is 15.6. The van der Waals surface area contributed by atoms with Gasteiger partial charge in [0.15, 0.2) is 0 Å². The maximum absolute atomic E-state index is 12.2. The first-order valence-corrected chi connectivity index (χ1v) is 9.86. The molecular weight excluding hydrogens is 410 g/mol. The Morgan fingerprint density at radius 2 is 1.16 bits per heavy atom. The molecule has 0 saturated carbocycles. The highest BCUT2D eigenvalue weighted by molar-refractivity contribution is 6.01. The molecule has 3 aromatic carbocycles.